The molecule has 3 aliphatic rings. The summed E-state index contributed by atoms with van der Waals surface area (Å²) in [6, 6.07) is 0. The molecule has 1 amide bonds. The van der Waals surface area contributed by atoms with Crippen molar-refractivity contribution in [2.24, 2.45) is 16.8 Å². The van der Waals surface area contributed by atoms with Gasteiger partial charge in [0.25, 0.3) is 0 Å². The minimum Gasteiger partial charge on any atom is -0.374 e. The lowest BCUT2D eigenvalue weighted by atomic mass is 9.82. The number of nitrogens with zero attached hydrogens (tertiary/aromatic N) is 2. The molecule has 2 N–H and O–H groups in total. The Hall–Kier alpha value is -0.570. The maximum atomic E-state index is 11.9. The van der Waals surface area contributed by atoms with Crippen LogP contribution in [0.1, 0.15) is 47.0 Å². The lowest BCUT2D eigenvalue weighted by Crippen LogP contribution is -2.42. The number of amides is 1. The van der Waals surface area contributed by atoms with Gasteiger partial charge in [-0.15, -0.1) is 24.0 Å². The summed E-state index contributed by atoms with van der Waals surface area (Å²) in [4.78, 5) is 19.0. The van der Waals surface area contributed by atoms with Gasteiger partial charge in [0.2, 0.25) is 5.91 Å². The molecule has 0 radical (unpaired) electrons. The predicted molar refractivity (Wildman–Crippen MR) is 110 cm³/mol. The van der Waals surface area contributed by atoms with Crippen LogP contribution in [0.5, 0.6) is 0 Å². The summed E-state index contributed by atoms with van der Waals surface area (Å²) >= 11 is 0. The molecule has 3 saturated heterocycles. The van der Waals surface area contributed by atoms with Crippen molar-refractivity contribution in [3.05, 3.63) is 0 Å². The number of guanidine groups is 1. The lowest BCUT2D eigenvalue weighted by molar-refractivity contribution is -0.122. The van der Waals surface area contributed by atoms with E-state index in [9.17, 15) is 4.79 Å². The van der Waals surface area contributed by atoms with E-state index >= 15 is 0 Å². The Morgan fingerprint density at radius 3 is 2.32 bits per heavy atom. The zero-order valence-corrected chi connectivity index (χ0v) is 18.2. The third-order valence-corrected chi connectivity index (χ3v) is 5.20. The van der Waals surface area contributed by atoms with Crippen molar-refractivity contribution in [3.8, 4) is 0 Å². The Morgan fingerprint density at radius 2 is 1.80 bits per heavy atom. The van der Waals surface area contributed by atoms with Crippen LogP contribution in [-0.4, -0.2) is 60.7 Å². The highest BCUT2D eigenvalue weighted by atomic mass is 127. The van der Waals surface area contributed by atoms with E-state index in [4.69, 9.17) is 9.73 Å². The Balaban J connectivity index is 0.00000225. The number of rotatable bonds is 4. The number of hydrogen-bond donors (Lipinski definition) is 2. The van der Waals surface area contributed by atoms with E-state index in [-0.39, 0.29) is 35.4 Å². The number of hydrogen-bond acceptors (Lipinski definition) is 3. The second-order valence-electron chi connectivity index (χ2n) is 8.31. The predicted octanol–water partition coefficient (Wildman–Crippen LogP) is 1.98. The number of carbonyl (C=O) groups is 1. The first-order chi connectivity index (χ1) is 11.4. The normalized spacial score (nSPS) is 30.9. The summed E-state index contributed by atoms with van der Waals surface area (Å²) in [6.45, 7) is 11.5. The Kier molecular flexibility index (Phi) is 6.98. The summed E-state index contributed by atoms with van der Waals surface area (Å²) in [5.41, 5.74) is -0.184. The maximum Gasteiger partial charge on any atom is 0.222 e. The summed E-state index contributed by atoms with van der Waals surface area (Å²) < 4.78 is 6.05. The maximum absolute atomic E-state index is 11.9. The molecule has 4 atom stereocenters. The van der Waals surface area contributed by atoms with Crippen molar-refractivity contribution < 1.29 is 9.53 Å². The monoisotopic (exact) mass is 464 g/mol. The molecule has 3 fully saturated rings. The van der Waals surface area contributed by atoms with Gasteiger partial charge in [-0.25, -0.2) is 0 Å². The van der Waals surface area contributed by atoms with Crippen LogP contribution in [0, 0.1) is 11.8 Å². The van der Waals surface area contributed by atoms with Crippen LogP contribution in [0.25, 0.3) is 0 Å². The summed E-state index contributed by atoms with van der Waals surface area (Å²) in [7, 11) is 0. The van der Waals surface area contributed by atoms with Crippen LogP contribution in [0.4, 0.5) is 0 Å². The fourth-order valence-electron chi connectivity index (χ4n) is 4.30. The van der Waals surface area contributed by atoms with Crippen molar-refractivity contribution >= 4 is 35.8 Å². The average Bonchev–Trinajstić information content (AvgIpc) is 3.17. The van der Waals surface area contributed by atoms with E-state index in [0.717, 1.165) is 25.6 Å². The molecule has 3 heterocycles. The standard InChI is InChI=1S/C18H32N4O2.HI/c1-5-19-17(20-9-8-16(23)21-18(2,3)4)22-10-12-13(11-22)15-7-6-14(12)24-15;/h12-15H,5-11H2,1-4H3,(H,19,20)(H,21,23);1H. The van der Waals surface area contributed by atoms with Crippen LogP contribution < -0.4 is 10.6 Å². The average molecular weight is 464 g/mol. The van der Waals surface area contributed by atoms with Gasteiger partial charge in [0.1, 0.15) is 0 Å². The summed E-state index contributed by atoms with van der Waals surface area (Å²) in [5.74, 6) is 2.34. The van der Waals surface area contributed by atoms with E-state index in [1.54, 1.807) is 0 Å². The molecule has 25 heavy (non-hydrogen) atoms. The van der Waals surface area contributed by atoms with Crippen molar-refractivity contribution in [2.75, 3.05) is 26.2 Å². The van der Waals surface area contributed by atoms with E-state index < -0.39 is 0 Å². The van der Waals surface area contributed by atoms with Crippen molar-refractivity contribution in [1.29, 1.82) is 0 Å². The molecule has 0 saturated carbocycles. The number of fused-ring (bicyclic) bond motifs is 5. The molecule has 6 nitrogen and oxygen atoms in total. The smallest absolute Gasteiger partial charge is 0.222 e. The molecule has 3 rings (SSSR count). The van der Waals surface area contributed by atoms with E-state index in [1.165, 1.54) is 12.8 Å². The van der Waals surface area contributed by atoms with Crippen molar-refractivity contribution in [2.45, 2.75) is 64.7 Å². The van der Waals surface area contributed by atoms with Gasteiger partial charge >= 0.3 is 0 Å². The van der Waals surface area contributed by atoms with Crippen molar-refractivity contribution in [1.82, 2.24) is 15.5 Å². The Bertz CT molecular complexity index is 488. The molecular weight excluding hydrogens is 431 g/mol. The zero-order chi connectivity index (χ0) is 17.3. The topological polar surface area (TPSA) is 66.0 Å². The van der Waals surface area contributed by atoms with Crippen molar-refractivity contribution in [3.63, 3.8) is 0 Å². The first kappa shape index (κ1) is 20.7. The first-order valence-corrected chi connectivity index (χ1v) is 9.37. The SMILES string of the molecule is CCNC(=NCCC(=O)NC(C)(C)C)N1CC2C3CCC(O3)C2C1.I. The molecular formula is C18H33IN4O2. The number of halogens is 1. The third kappa shape index (κ3) is 4.99. The highest BCUT2D eigenvalue weighted by Gasteiger charge is 2.53. The zero-order valence-electron chi connectivity index (χ0n) is 15.9. The van der Waals surface area contributed by atoms with Gasteiger partial charge in [-0.2, -0.15) is 0 Å². The molecule has 0 aromatic carbocycles. The quantitative estimate of drug-likeness (QED) is 0.380. The van der Waals surface area contributed by atoms with Gasteiger partial charge in [0, 0.05) is 43.4 Å². The molecule has 2 bridgehead atoms. The molecule has 4 unspecified atom stereocenters. The highest BCUT2D eigenvalue weighted by molar-refractivity contribution is 14.0. The number of aliphatic imine (C=N–C) groups is 1. The largest absolute Gasteiger partial charge is 0.374 e. The molecule has 0 aromatic heterocycles. The number of ether oxygens (including phenoxy) is 1. The molecule has 0 aromatic rings. The van der Waals surface area contributed by atoms with E-state index in [0.29, 0.717) is 37.0 Å². The highest BCUT2D eigenvalue weighted by Crippen LogP contribution is 2.47. The van der Waals surface area contributed by atoms with Gasteiger partial charge in [-0.3, -0.25) is 9.79 Å². The fraction of sp³-hybridized carbons (Fsp3) is 0.889. The van der Waals surface area contributed by atoms with E-state index in [2.05, 4.69) is 22.5 Å². The molecule has 0 spiro atoms. The second kappa shape index (κ2) is 8.41. The van der Waals surface area contributed by atoms with Crippen LogP contribution in [0.15, 0.2) is 4.99 Å². The Morgan fingerprint density at radius 1 is 1.20 bits per heavy atom. The number of carbonyl (C=O) groups excluding carboxylic acids is 1. The van der Waals surface area contributed by atoms with Gasteiger partial charge in [-0.1, -0.05) is 0 Å². The minimum atomic E-state index is -0.184. The molecule has 144 valence electrons. The van der Waals surface area contributed by atoms with Crippen LogP contribution in [-0.2, 0) is 9.53 Å². The van der Waals surface area contributed by atoms with Gasteiger partial charge in [0.15, 0.2) is 5.96 Å². The molecule has 3 aliphatic heterocycles. The summed E-state index contributed by atoms with van der Waals surface area (Å²) in [5, 5.41) is 6.38. The number of nitrogens with one attached hydrogen (secondary N) is 2. The minimum absolute atomic E-state index is 0. The number of likely N-dealkylation sites (tertiary alicyclic amines) is 1. The third-order valence-electron chi connectivity index (χ3n) is 5.20. The van der Waals surface area contributed by atoms with Crippen LogP contribution >= 0.6 is 24.0 Å². The second-order valence-corrected chi connectivity index (χ2v) is 8.31. The Labute approximate surface area is 168 Å². The molecule has 7 heteroatoms. The van der Waals surface area contributed by atoms with Gasteiger partial charge in [-0.05, 0) is 40.5 Å². The first-order valence-electron chi connectivity index (χ1n) is 9.37. The van der Waals surface area contributed by atoms with Crippen LogP contribution in [0.3, 0.4) is 0 Å². The fourth-order valence-corrected chi connectivity index (χ4v) is 4.30. The molecule has 0 aliphatic carbocycles. The van der Waals surface area contributed by atoms with Gasteiger partial charge in [0.05, 0.1) is 18.8 Å². The van der Waals surface area contributed by atoms with E-state index in [1.807, 2.05) is 20.8 Å². The summed E-state index contributed by atoms with van der Waals surface area (Å²) in [6.07, 6.45) is 3.80. The van der Waals surface area contributed by atoms with Gasteiger partial charge < -0.3 is 20.3 Å². The van der Waals surface area contributed by atoms with Crippen LogP contribution in [0.2, 0.25) is 0 Å². The lowest BCUT2D eigenvalue weighted by Gasteiger charge is -2.23.